The molecule has 0 aromatic heterocycles. The fraction of sp³-hybridized carbons (Fsp3) is 1.00. The van der Waals surface area contributed by atoms with Crippen LogP contribution in [-0.2, 0) is 18.9 Å². The highest BCUT2D eigenvalue weighted by atomic mass is 16.7. The van der Waals surface area contributed by atoms with Gasteiger partial charge in [0.15, 0.2) is 12.6 Å². The molecule has 4 N–H and O–H groups in total. The lowest BCUT2D eigenvalue weighted by atomic mass is 10.7. The Kier molecular flexibility index (Phi) is 9.16. The molecule has 0 aromatic carbocycles. The summed E-state index contributed by atoms with van der Waals surface area (Å²) in [5.41, 5.74) is 10.3. The fourth-order valence-corrected chi connectivity index (χ4v) is 0.795. The third kappa shape index (κ3) is 8.36. The minimum absolute atomic E-state index is 0.148. The highest BCUT2D eigenvalue weighted by Gasteiger charge is 2.02. The fourth-order valence-electron chi connectivity index (χ4n) is 0.795. The van der Waals surface area contributed by atoms with Crippen LogP contribution in [0.15, 0.2) is 0 Å². The maximum atomic E-state index is 5.20. The average Bonchev–Trinajstić information content (AvgIpc) is 2.13. The second-order valence-corrected chi connectivity index (χ2v) is 2.54. The molecule has 6 nitrogen and oxygen atoms in total. The Morgan fingerprint density at radius 1 is 0.786 bits per heavy atom. The molecule has 0 saturated carbocycles. The van der Waals surface area contributed by atoms with Crippen LogP contribution in [0.5, 0.6) is 0 Å². The number of hydrogen-bond donors (Lipinski definition) is 2. The van der Waals surface area contributed by atoms with E-state index in [1.165, 1.54) is 0 Å². The Morgan fingerprint density at radius 3 is 1.43 bits per heavy atom. The Hall–Kier alpha value is -0.240. The molecule has 6 heteroatoms. The van der Waals surface area contributed by atoms with Gasteiger partial charge in [-0.05, 0) is 13.8 Å². The van der Waals surface area contributed by atoms with E-state index in [-0.39, 0.29) is 26.0 Å². The molecular formula is C8H20N2O4. The second kappa shape index (κ2) is 9.32. The van der Waals surface area contributed by atoms with Gasteiger partial charge in [-0.25, -0.2) is 0 Å². The molecule has 2 atom stereocenters. The van der Waals surface area contributed by atoms with Crippen LogP contribution in [0.4, 0.5) is 0 Å². The van der Waals surface area contributed by atoms with Gasteiger partial charge in [-0.1, -0.05) is 0 Å². The van der Waals surface area contributed by atoms with Crippen LogP contribution in [0.1, 0.15) is 13.8 Å². The largest absolute Gasteiger partial charge is 0.351 e. The van der Waals surface area contributed by atoms with Gasteiger partial charge in [0, 0.05) is 0 Å². The van der Waals surface area contributed by atoms with Crippen molar-refractivity contribution in [2.24, 2.45) is 11.5 Å². The maximum Gasteiger partial charge on any atom is 0.156 e. The molecule has 0 saturated heterocycles. The molecule has 0 bridgehead atoms. The molecule has 0 aliphatic rings. The van der Waals surface area contributed by atoms with Crippen LogP contribution in [0.2, 0.25) is 0 Å². The van der Waals surface area contributed by atoms with Gasteiger partial charge < -0.3 is 30.4 Å². The SMILES string of the molecule is CC(OCN)OCCOC(C)OCN. The smallest absolute Gasteiger partial charge is 0.156 e. The van der Waals surface area contributed by atoms with Crippen LogP contribution in [0.3, 0.4) is 0 Å². The molecule has 0 heterocycles. The molecule has 0 spiro atoms. The summed E-state index contributed by atoms with van der Waals surface area (Å²) in [6.07, 6.45) is -0.622. The van der Waals surface area contributed by atoms with Crippen LogP contribution >= 0.6 is 0 Å². The van der Waals surface area contributed by atoms with Crippen LogP contribution in [0, 0.1) is 0 Å². The van der Waals surface area contributed by atoms with E-state index in [1.54, 1.807) is 13.8 Å². The Balaban J connectivity index is 3.19. The summed E-state index contributed by atoms with van der Waals surface area (Å²) >= 11 is 0. The first-order valence-electron chi connectivity index (χ1n) is 4.57. The Bertz CT molecular complexity index is 112. The van der Waals surface area contributed by atoms with Crippen LogP contribution in [-0.4, -0.2) is 39.3 Å². The standard InChI is InChI=1S/C8H20N2O4/c1-7(13-5-9)11-3-4-12-8(2)14-6-10/h7-8H,3-6,9-10H2,1-2H3. The van der Waals surface area contributed by atoms with Crippen molar-refractivity contribution in [1.82, 2.24) is 0 Å². The molecule has 0 amide bonds. The van der Waals surface area contributed by atoms with Crippen molar-refractivity contribution < 1.29 is 18.9 Å². The first-order chi connectivity index (χ1) is 6.70. The number of nitrogens with two attached hydrogens (primary N) is 2. The minimum atomic E-state index is -0.311. The van der Waals surface area contributed by atoms with Crippen LogP contribution in [0.25, 0.3) is 0 Å². The summed E-state index contributed by atoms with van der Waals surface area (Å²) < 4.78 is 20.3. The van der Waals surface area contributed by atoms with Gasteiger partial charge in [-0.3, -0.25) is 0 Å². The monoisotopic (exact) mass is 208 g/mol. The van der Waals surface area contributed by atoms with E-state index in [9.17, 15) is 0 Å². The highest BCUT2D eigenvalue weighted by molar-refractivity contribution is 4.35. The summed E-state index contributed by atoms with van der Waals surface area (Å²) in [6.45, 7) is 4.70. The van der Waals surface area contributed by atoms with Gasteiger partial charge in [0.2, 0.25) is 0 Å². The van der Waals surface area contributed by atoms with E-state index in [1.807, 2.05) is 0 Å². The minimum Gasteiger partial charge on any atom is -0.351 e. The summed E-state index contributed by atoms with van der Waals surface area (Å²) in [4.78, 5) is 0. The summed E-state index contributed by atoms with van der Waals surface area (Å²) in [7, 11) is 0. The lowest BCUT2D eigenvalue weighted by Gasteiger charge is -2.15. The normalized spacial score (nSPS) is 15.4. The number of ether oxygens (including phenoxy) is 4. The zero-order chi connectivity index (χ0) is 10.8. The highest BCUT2D eigenvalue weighted by Crippen LogP contribution is 1.94. The van der Waals surface area contributed by atoms with E-state index in [0.717, 1.165) is 0 Å². The van der Waals surface area contributed by atoms with Gasteiger partial charge in [0.05, 0.1) is 26.7 Å². The molecule has 0 aromatic rings. The van der Waals surface area contributed by atoms with Crippen molar-refractivity contribution in [2.75, 3.05) is 26.7 Å². The first kappa shape index (κ1) is 13.8. The van der Waals surface area contributed by atoms with Gasteiger partial charge in [0.1, 0.15) is 0 Å². The van der Waals surface area contributed by atoms with Crippen molar-refractivity contribution in [3.8, 4) is 0 Å². The Morgan fingerprint density at radius 2 is 1.14 bits per heavy atom. The van der Waals surface area contributed by atoms with Gasteiger partial charge >= 0.3 is 0 Å². The molecule has 0 aliphatic carbocycles. The molecule has 0 rings (SSSR count). The molecular weight excluding hydrogens is 188 g/mol. The molecule has 0 radical (unpaired) electrons. The Labute approximate surface area is 84.4 Å². The third-order valence-electron chi connectivity index (χ3n) is 1.45. The van der Waals surface area contributed by atoms with Crippen molar-refractivity contribution in [2.45, 2.75) is 26.4 Å². The predicted molar refractivity (Wildman–Crippen MR) is 51.1 cm³/mol. The summed E-state index contributed by atoms with van der Waals surface area (Å²) in [5.74, 6) is 0. The summed E-state index contributed by atoms with van der Waals surface area (Å²) in [5, 5.41) is 0. The maximum absolute atomic E-state index is 5.20. The van der Waals surface area contributed by atoms with E-state index in [2.05, 4.69) is 0 Å². The predicted octanol–water partition coefficient (Wildman–Crippen LogP) is -0.423. The lowest BCUT2D eigenvalue weighted by Crippen LogP contribution is -2.23. The zero-order valence-electron chi connectivity index (χ0n) is 8.77. The quantitative estimate of drug-likeness (QED) is 0.395. The average molecular weight is 208 g/mol. The van der Waals surface area contributed by atoms with Crippen molar-refractivity contribution in [3.63, 3.8) is 0 Å². The van der Waals surface area contributed by atoms with Crippen LogP contribution < -0.4 is 11.5 Å². The van der Waals surface area contributed by atoms with Gasteiger partial charge in [0.25, 0.3) is 0 Å². The topological polar surface area (TPSA) is 89.0 Å². The van der Waals surface area contributed by atoms with Crippen molar-refractivity contribution >= 4 is 0 Å². The molecule has 0 fully saturated rings. The van der Waals surface area contributed by atoms with E-state index in [4.69, 9.17) is 30.4 Å². The second-order valence-electron chi connectivity index (χ2n) is 2.54. The molecule has 2 unspecified atom stereocenters. The zero-order valence-corrected chi connectivity index (χ0v) is 8.77. The summed E-state index contributed by atoms with van der Waals surface area (Å²) in [6, 6.07) is 0. The molecule has 0 aliphatic heterocycles. The van der Waals surface area contributed by atoms with E-state index < -0.39 is 0 Å². The third-order valence-corrected chi connectivity index (χ3v) is 1.45. The lowest BCUT2D eigenvalue weighted by molar-refractivity contribution is -0.169. The molecule has 86 valence electrons. The van der Waals surface area contributed by atoms with E-state index in [0.29, 0.717) is 13.2 Å². The van der Waals surface area contributed by atoms with Crippen molar-refractivity contribution in [3.05, 3.63) is 0 Å². The number of rotatable bonds is 9. The molecule has 14 heavy (non-hydrogen) atoms. The number of hydrogen-bond acceptors (Lipinski definition) is 6. The van der Waals surface area contributed by atoms with Gasteiger partial charge in [-0.15, -0.1) is 0 Å². The van der Waals surface area contributed by atoms with Crippen molar-refractivity contribution in [1.29, 1.82) is 0 Å². The van der Waals surface area contributed by atoms with E-state index >= 15 is 0 Å². The first-order valence-corrected chi connectivity index (χ1v) is 4.57. The van der Waals surface area contributed by atoms with Gasteiger partial charge in [-0.2, -0.15) is 0 Å².